The highest BCUT2D eigenvalue weighted by Crippen LogP contribution is 2.71. The molecule has 2 heteroatoms. The van der Waals surface area contributed by atoms with Crippen molar-refractivity contribution in [2.24, 2.45) is 22.2 Å². The van der Waals surface area contributed by atoms with Crippen LogP contribution in [0.1, 0.15) is 48.0 Å². The molecule has 0 amide bonds. The second-order valence-corrected chi connectivity index (χ2v) is 6.57. The molecule has 0 spiro atoms. The molecule has 14 heavy (non-hydrogen) atoms. The third kappa shape index (κ3) is 1.35. The van der Waals surface area contributed by atoms with Crippen LogP contribution in [0.2, 0.25) is 0 Å². The molecule has 1 aliphatic carbocycles. The number of aliphatic carboxylic acids is 1. The van der Waals surface area contributed by atoms with E-state index in [1.54, 1.807) is 0 Å². The van der Waals surface area contributed by atoms with Crippen LogP contribution in [0.3, 0.4) is 0 Å². The molecule has 1 atom stereocenters. The highest BCUT2D eigenvalue weighted by atomic mass is 16.4. The van der Waals surface area contributed by atoms with E-state index in [0.29, 0.717) is 0 Å². The Morgan fingerprint density at radius 3 is 1.57 bits per heavy atom. The van der Waals surface area contributed by atoms with Crippen LogP contribution in [0.5, 0.6) is 0 Å². The second-order valence-electron chi connectivity index (χ2n) is 6.57. The monoisotopic (exact) mass is 198 g/mol. The molecule has 1 aliphatic rings. The third-order valence-corrected chi connectivity index (χ3v) is 3.94. The number of rotatable bonds is 1. The minimum Gasteiger partial charge on any atom is -0.481 e. The first-order chi connectivity index (χ1) is 6.04. The van der Waals surface area contributed by atoms with Gasteiger partial charge in [0.05, 0.1) is 5.92 Å². The zero-order valence-electron chi connectivity index (χ0n) is 10.1. The fourth-order valence-electron chi connectivity index (χ4n) is 3.34. The summed E-state index contributed by atoms with van der Waals surface area (Å²) in [7, 11) is 0. The first-order valence-electron chi connectivity index (χ1n) is 5.27. The van der Waals surface area contributed by atoms with Gasteiger partial charge in [0.2, 0.25) is 0 Å². The lowest BCUT2D eigenvalue weighted by molar-refractivity contribution is -0.141. The Morgan fingerprint density at radius 2 is 1.50 bits per heavy atom. The Balaban J connectivity index is 3.05. The minimum atomic E-state index is -0.630. The lowest BCUT2D eigenvalue weighted by Gasteiger charge is -2.42. The first-order valence-corrected chi connectivity index (χ1v) is 5.27. The van der Waals surface area contributed by atoms with E-state index in [0.717, 1.165) is 6.42 Å². The number of carbonyl (C=O) groups is 1. The van der Waals surface area contributed by atoms with Crippen molar-refractivity contribution in [1.82, 2.24) is 0 Å². The maximum absolute atomic E-state index is 11.1. The summed E-state index contributed by atoms with van der Waals surface area (Å²) < 4.78 is 0. The molecule has 0 aromatic rings. The van der Waals surface area contributed by atoms with Crippen LogP contribution in [-0.4, -0.2) is 11.1 Å². The Morgan fingerprint density at radius 1 is 1.14 bits per heavy atom. The Kier molecular flexibility index (Phi) is 2.26. The van der Waals surface area contributed by atoms with Gasteiger partial charge < -0.3 is 5.11 Å². The van der Waals surface area contributed by atoms with E-state index in [-0.39, 0.29) is 22.2 Å². The van der Waals surface area contributed by atoms with Crippen molar-refractivity contribution in [2.75, 3.05) is 0 Å². The SMILES string of the molecule is CC(C)(C)C1(C(C)(C)C)CC1C(=O)O. The summed E-state index contributed by atoms with van der Waals surface area (Å²) in [4.78, 5) is 11.1. The normalized spacial score (nSPS) is 26.0. The summed E-state index contributed by atoms with van der Waals surface area (Å²) >= 11 is 0. The lowest BCUT2D eigenvalue weighted by atomic mass is 9.62. The van der Waals surface area contributed by atoms with Crippen LogP contribution in [0.4, 0.5) is 0 Å². The average molecular weight is 198 g/mol. The Hall–Kier alpha value is -0.530. The van der Waals surface area contributed by atoms with E-state index in [9.17, 15) is 4.79 Å². The highest BCUT2D eigenvalue weighted by molar-refractivity contribution is 5.75. The summed E-state index contributed by atoms with van der Waals surface area (Å²) in [5.41, 5.74) is 0.0917. The molecular weight excluding hydrogens is 176 g/mol. The van der Waals surface area contributed by atoms with Gasteiger partial charge in [-0.15, -0.1) is 0 Å². The zero-order valence-corrected chi connectivity index (χ0v) is 10.1. The second kappa shape index (κ2) is 2.74. The quantitative estimate of drug-likeness (QED) is 0.702. The minimum absolute atomic E-state index is 0.0359. The summed E-state index contributed by atoms with van der Waals surface area (Å²) in [6.45, 7) is 12.9. The molecule has 1 N–H and O–H groups in total. The van der Waals surface area contributed by atoms with Crippen molar-refractivity contribution in [3.8, 4) is 0 Å². The van der Waals surface area contributed by atoms with Gasteiger partial charge in [-0.3, -0.25) is 4.79 Å². The highest BCUT2D eigenvalue weighted by Gasteiger charge is 2.69. The Labute approximate surface area is 86.7 Å². The van der Waals surface area contributed by atoms with Crippen LogP contribution in [-0.2, 0) is 4.79 Å². The standard InChI is InChI=1S/C12H22O2/c1-10(2,3)12(11(4,5)6)7-8(12)9(13)14/h8H,7H2,1-6H3,(H,13,14). The molecule has 1 unspecified atom stereocenters. The number of hydrogen-bond donors (Lipinski definition) is 1. The molecule has 0 aromatic heterocycles. The van der Waals surface area contributed by atoms with Crippen LogP contribution < -0.4 is 0 Å². The van der Waals surface area contributed by atoms with E-state index < -0.39 is 5.97 Å². The van der Waals surface area contributed by atoms with E-state index in [1.165, 1.54) is 0 Å². The molecule has 1 rings (SSSR count). The Bertz CT molecular complexity index is 238. The predicted molar refractivity (Wildman–Crippen MR) is 57.1 cm³/mol. The van der Waals surface area contributed by atoms with Gasteiger partial charge >= 0.3 is 5.97 Å². The van der Waals surface area contributed by atoms with E-state index in [1.807, 2.05) is 0 Å². The van der Waals surface area contributed by atoms with Crippen LogP contribution in [0.15, 0.2) is 0 Å². The molecule has 0 radical (unpaired) electrons. The lowest BCUT2D eigenvalue weighted by Crippen LogP contribution is -2.37. The predicted octanol–water partition coefficient (Wildman–Crippen LogP) is 3.17. The fourth-order valence-corrected chi connectivity index (χ4v) is 3.34. The van der Waals surface area contributed by atoms with Crippen molar-refractivity contribution in [3.05, 3.63) is 0 Å². The van der Waals surface area contributed by atoms with Crippen LogP contribution in [0.25, 0.3) is 0 Å². The maximum Gasteiger partial charge on any atom is 0.307 e. The van der Waals surface area contributed by atoms with Crippen LogP contribution >= 0.6 is 0 Å². The van der Waals surface area contributed by atoms with Gasteiger partial charge in [-0.1, -0.05) is 41.5 Å². The smallest absolute Gasteiger partial charge is 0.307 e. The summed E-state index contributed by atoms with van der Waals surface area (Å²) in [6.07, 6.45) is 0.829. The van der Waals surface area contributed by atoms with Crippen molar-refractivity contribution in [2.45, 2.75) is 48.0 Å². The van der Waals surface area contributed by atoms with Gasteiger partial charge in [-0.2, -0.15) is 0 Å². The average Bonchev–Trinajstić information content (AvgIpc) is 2.54. The van der Waals surface area contributed by atoms with Crippen molar-refractivity contribution < 1.29 is 9.90 Å². The van der Waals surface area contributed by atoms with Gasteiger partial charge in [0.1, 0.15) is 0 Å². The van der Waals surface area contributed by atoms with Crippen LogP contribution in [0, 0.1) is 22.2 Å². The largest absolute Gasteiger partial charge is 0.481 e. The van der Waals surface area contributed by atoms with Gasteiger partial charge in [0, 0.05) is 0 Å². The summed E-state index contributed by atoms with van der Waals surface area (Å²) in [5.74, 6) is -0.780. The zero-order chi connectivity index (χ0) is 11.4. The molecule has 82 valence electrons. The van der Waals surface area contributed by atoms with E-state index in [2.05, 4.69) is 41.5 Å². The van der Waals surface area contributed by atoms with Crippen molar-refractivity contribution in [3.63, 3.8) is 0 Å². The molecule has 0 saturated heterocycles. The van der Waals surface area contributed by atoms with Gasteiger partial charge in [-0.25, -0.2) is 0 Å². The topological polar surface area (TPSA) is 37.3 Å². The fraction of sp³-hybridized carbons (Fsp3) is 0.917. The van der Waals surface area contributed by atoms with E-state index >= 15 is 0 Å². The van der Waals surface area contributed by atoms with E-state index in [4.69, 9.17) is 5.11 Å². The molecular formula is C12H22O2. The maximum atomic E-state index is 11.1. The van der Waals surface area contributed by atoms with Gasteiger partial charge in [0.15, 0.2) is 0 Å². The van der Waals surface area contributed by atoms with Crippen molar-refractivity contribution in [1.29, 1.82) is 0 Å². The molecule has 0 aliphatic heterocycles. The molecule has 0 heterocycles. The molecule has 0 bridgehead atoms. The summed E-state index contributed by atoms with van der Waals surface area (Å²) in [6, 6.07) is 0. The molecule has 1 fully saturated rings. The molecule has 0 aromatic carbocycles. The number of hydrogen-bond acceptors (Lipinski definition) is 1. The first kappa shape index (κ1) is 11.5. The molecule has 1 saturated carbocycles. The summed E-state index contributed by atoms with van der Waals surface area (Å²) in [5, 5.41) is 9.12. The number of carboxylic acid groups (broad SMARTS) is 1. The van der Waals surface area contributed by atoms with Gasteiger partial charge in [-0.05, 0) is 22.7 Å². The molecule has 2 nitrogen and oxygen atoms in total. The third-order valence-electron chi connectivity index (χ3n) is 3.94. The van der Waals surface area contributed by atoms with Gasteiger partial charge in [0.25, 0.3) is 0 Å². The van der Waals surface area contributed by atoms with Crippen molar-refractivity contribution >= 4 is 5.97 Å². The number of carboxylic acids is 1.